The summed E-state index contributed by atoms with van der Waals surface area (Å²) in [4.78, 5) is 65.5. The minimum absolute atomic E-state index is 0.00230. The lowest BCUT2D eigenvalue weighted by molar-refractivity contribution is -0.254. The first kappa shape index (κ1) is 41.6. The van der Waals surface area contributed by atoms with Crippen molar-refractivity contribution in [3.63, 3.8) is 0 Å². The molecule has 0 bridgehead atoms. The maximum atomic E-state index is 14.1. The van der Waals surface area contributed by atoms with Gasteiger partial charge in [-0.15, -0.1) is 0 Å². The quantitative estimate of drug-likeness (QED) is 0.0419. The van der Waals surface area contributed by atoms with Crippen LogP contribution in [0.5, 0.6) is 17.2 Å². The van der Waals surface area contributed by atoms with Crippen molar-refractivity contribution in [1.82, 2.24) is 10.3 Å². The van der Waals surface area contributed by atoms with Gasteiger partial charge in [0.05, 0.1) is 48.8 Å². The molecule has 0 spiro atoms. The van der Waals surface area contributed by atoms with E-state index in [1.165, 1.54) is 37.5 Å². The van der Waals surface area contributed by atoms with E-state index in [2.05, 4.69) is 10.5 Å². The number of methoxy groups -OCH3 is 1. The van der Waals surface area contributed by atoms with E-state index < -0.39 is 88.2 Å². The second-order valence-electron chi connectivity index (χ2n) is 15.6. The van der Waals surface area contributed by atoms with Gasteiger partial charge >= 0.3 is 0 Å². The maximum Gasteiger partial charge on any atom is 0.253 e. The molecule has 17 heteroatoms. The third kappa shape index (κ3) is 7.46. The molecule has 1 saturated heterocycles. The number of hydrogen-bond donors (Lipinski definition) is 7. The van der Waals surface area contributed by atoms with Gasteiger partial charge in [-0.25, -0.2) is 5.43 Å². The number of ether oxygens (including phenoxy) is 3. The van der Waals surface area contributed by atoms with Crippen LogP contribution in [-0.2, 0) is 35.7 Å². The predicted molar refractivity (Wildman–Crippen MR) is 201 cm³/mol. The third-order valence-electron chi connectivity index (χ3n) is 11.6. The van der Waals surface area contributed by atoms with Crippen LogP contribution in [0.1, 0.15) is 102 Å². The summed E-state index contributed by atoms with van der Waals surface area (Å²) >= 11 is 0. The Labute approximate surface area is 328 Å². The van der Waals surface area contributed by atoms with Gasteiger partial charge in [-0.3, -0.25) is 28.9 Å². The van der Waals surface area contributed by atoms with E-state index in [1.54, 1.807) is 20.8 Å². The number of unbranched alkanes of at least 4 members (excludes halogenated alkanes) is 2. The number of carbonyl (C=O) groups is 5. The lowest BCUT2D eigenvalue weighted by Gasteiger charge is -2.47. The molecular formula is C40H48N4O13. The van der Waals surface area contributed by atoms with Crippen LogP contribution >= 0.6 is 0 Å². The van der Waals surface area contributed by atoms with Gasteiger partial charge in [-0.2, -0.15) is 5.10 Å². The van der Waals surface area contributed by atoms with E-state index in [0.717, 1.165) is 4.90 Å². The Kier molecular flexibility index (Phi) is 11.5. The molecule has 6 rings (SSSR count). The molecule has 2 aliphatic heterocycles. The summed E-state index contributed by atoms with van der Waals surface area (Å²) in [7, 11) is 1.33. The smallest absolute Gasteiger partial charge is 0.253 e. The standard InChI is InChI=1S/C40H48N4O13/c1-20-39(3,53)24(41)15-29(57-20)56-19-38(2)18-40(54,25(17-45)42-43-26(46)11-6-5-7-14-44-27(47)12-13-28(44)48)16-22-33(38)37(52)32-31(35(22)50)34(49)21-9-8-10-23(55-4)30(21)36(32)51/h8-10,12-13,20,24,29,45,50,52-54H,5-7,11,14-19,41H2,1-4H3,(H,43,46)/b42-25+/t20-,24-,29?,38+,39+,40-/m0/s1. The van der Waals surface area contributed by atoms with Gasteiger partial charge in [-0.05, 0) is 39.2 Å². The van der Waals surface area contributed by atoms with Crippen molar-refractivity contribution in [3.05, 3.63) is 63.7 Å². The number of amides is 3. The molecule has 57 heavy (non-hydrogen) atoms. The molecule has 3 amide bonds. The number of benzene rings is 2. The Morgan fingerprint density at radius 1 is 1.02 bits per heavy atom. The monoisotopic (exact) mass is 792 g/mol. The fraction of sp³-hybridized carbons (Fsp3) is 0.500. The van der Waals surface area contributed by atoms with Crippen LogP contribution in [0.15, 0.2) is 35.5 Å². The van der Waals surface area contributed by atoms with Crippen LogP contribution < -0.4 is 15.9 Å². The summed E-state index contributed by atoms with van der Waals surface area (Å²) < 4.78 is 17.5. The van der Waals surface area contributed by atoms with Gasteiger partial charge in [0.25, 0.3) is 11.8 Å². The second kappa shape index (κ2) is 15.7. The Morgan fingerprint density at radius 2 is 1.70 bits per heavy atom. The second-order valence-corrected chi connectivity index (χ2v) is 15.6. The number of fused-ring (bicyclic) bond motifs is 3. The summed E-state index contributed by atoms with van der Waals surface area (Å²) in [5.41, 5.74) is 2.09. The summed E-state index contributed by atoms with van der Waals surface area (Å²) in [6.07, 6.45) is 1.26. The summed E-state index contributed by atoms with van der Waals surface area (Å²) in [5.74, 6) is -4.09. The molecule has 1 fully saturated rings. The Morgan fingerprint density at radius 3 is 2.35 bits per heavy atom. The zero-order valence-corrected chi connectivity index (χ0v) is 32.2. The van der Waals surface area contributed by atoms with E-state index in [9.17, 15) is 49.5 Å². The number of aromatic hydroxyl groups is 2. The van der Waals surface area contributed by atoms with Gasteiger partial charge in [0.1, 0.15) is 28.5 Å². The first-order chi connectivity index (χ1) is 26.9. The summed E-state index contributed by atoms with van der Waals surface area (Å²) in [5, 5.41) is 61.7. The highest BCUT2D eigenvalue weighted by Gasteiger charge is 2.53. The number of aliphatic hydroxyl groups excluding tert-OH is 1. The van der Waals surface area contributed by atoms with Crippen molar-refractivity contribution >= 4 is 35.0 Å². The molecule has 2 heterocycles. The molecule has 1 unspecified atom stereocenters. The van der Waals surface area contributed by atoms with Gasteiger partial charge in [0, 0.05) is 66.1 Å². The molecular weight excluding hydrogens is 744 g/mol. The Bertz CT molecular complexity index is 2050. The fourth-order valence-corrected chi connectivity index (χ4v) is 8.25. The molecule has 6 atom stereocenters. The highest BCUT2D eigenvalue weighted by atomic mass is 16.7. The number of hydrogen-bond acceptors (Lipinski definition) is 15. The number of nitrogens with one attached hydrogen (secondary N) is 1. The van der Waals surface area contributed by atoms with Crippen LogP contribution in [-0.4, -0.2) is 122 Å². The number of ketones is 2. The number of aliphatic hydroxyl groups is 3. The zero-order chi connectivity index (χ0) is 41.6. The van der Waals surface area contributed by atoms with Gasteiger partial charge < -0.3 is 45.5 Å². The lowest BCUT2D eigenvalue weighted by Crippen LogP contribution is -2.60. The molecule has 306 valence electrons. The summed E-state index contributed by atoms with van der Waals surface area (Å²) in [6, 6.07) is 3.64. The number of hydrazone groups is 1. The first-order valence-electron chi connectivity index (χ1n) is 18.7. The molecule has 0 saturated carbocycles. The number of phenolic OH excluding ortho intramolecular Hbond substituents is 2. The van der Waals surface area contributed by atoms with Crippen LogP contribution in [0.3, 0.4) is 0 Å². The number of imide groups is 1. The minimum atomic E-state index is -2.13. The van der Waals surface area contributed by atoms with E-state index >= 15 is 0 Å². The zero-order valence-electron chi connectivity index (χ0n) is 32.2. The Hall–Kier alpha value is -5.04. The van der Waals surface area contributed by atoms with Crippen molar-refractivity contribution < 1.29 is 63.7 Å². The number of phenols is 2. The highest BCUT2D eigenvalue weighted by Crippen LogP contribution is 2.54. The number of nitrogens with two attached hydrogens (primary N) is 1. The van der Waals surface area contributed by atoms with Crippen LogP contribution in [0, 0.1) is 0 Å². The molecule has 4 aliphatic rings. The minimum Gasteiger partial charge on any atom is -0.507 e. The fourth-order valence-electron chi connectivity index (χ4n) is 8.25. The number of carbonyl (C=O) groups excluding carboxylic acids is 5. The van der Waals surface area contributed by atoms with Gasteiger partial charge in [-0.1, -0.05) is 25.5 Å². The normalized spacial score (nSPS) is 28.3. The molecule has 2 aliphatic carbocycles. The SMILES string of the molecule is COc1cccc2c1C(=O)c1c(O)c3c(c(O)c1C2=O)C[C@@](O)(/C(CO)=N/NC(=O)CCCCCN1C(=O)C=CC1=O)C[C@]3(C)COC1C[C@H](N)[C@](C)(O)[C@H](C)O1. The van der Waals surface area contributed by atoms with Crippen LogP contribution in [0.25, 0.3) is 0 Å². The van der Waals surface area contributed by atoms with E-state index in [1.807, 2.05) is 0 Å². The molecule has 8 N–H and O–H groups in total. The van der Waals surface area contributed by atoms with E-state index in [4.69, 9.17) is 19.9 Å². The molecule has 17 nitrogen and oxygen atoms in total. The topological polar surface area (TPSA) is 268 Å². The van der Waals surface area contributed by atoms with Crippen molar-refractivity contribution in [1.29, 1.82) is 0 Å². The number of nitrogens with zero attached hydrogens (tertiary/aromatic N) is 2. The van der Waals surface area contributed by atoms with Gasteiger partial charge in [0.15, 0.2) is 12.1 Å². The van der Waals surface area contributed by atoms with Crippen molar-refractivity contribution in [2.75, 3.05) is 26.9 Å². The lowest BCUT2D eigenvalue weighted by atomic mass is 9.62. The van der Waals surface area contributed by atoms with Crippen LogP contribution in [0.4, 0.5) is 0 Å². The summed E-state index contributed by atoms with van der Waals surface area (Å²) in [6.45, 7) is 3.78. The average Bonchev–Trinajstić information content (AvgIpc) is 3.48. The largest absolute Gasteiger partial charge is 0.507 e. The van der Waals surface area contributed by atoms with Crippen molar-refractivity contribution in [2.45, 2.75) is 101 Å². The van der Waals surface area contributed by atoms with Crippen LogP contribution in [0.2, 0.25) is 0 Å². The third-order valence-corrected chi connectivity index (χ3v) is 11.6. The maximum absolute atomic E-state index is 14.1. The molecule has 2 aromatic rings. The highest BCUT2D eigenvalue weighted by molar-refractivity contribution is 6.31. The first-order valence-corrected chi connectivity index (χ1v) is 18.7. The molecule has 2 aromatic carbocycles. The van der Waals surface area contributed by atoms with Gasteiger partial charge in [0.2, 0.25) is 11.7 Å². The van der Waals surface area contributed by atoms with E-state index in [-0.39, 0.29) is 77.9 Å². The Balaban J connectivity index is 1.31. The predicted octanol–water partition coefficient (Wildman–Crippen LogP) is 0.997. The van der Waals surface area contributed by atoms with Crippen molar-refractivity contribution in [3.8, 4) is 17.2 Å². The average molecular weight is 793 g/mol. The van der Waals surface area contributed by atoms with E-state index in [0.29, 0.717) is 19.3 Å². The molecule has 0 radical (unpaired) electrons. The number of rotatable bonds is 13. The molecule has 0 aromatic heterocycles. The van der Waals surface area contributed by atoms with Crippen molar-refractivity contribution in [2.24, 2.45) is 10.8 Å².